The zero-order valence-corrected chi connectivity index (χ0v) is 54.6. The zero-order chi connectivity index (χ0) is 66.5. The van der Waals surface area contributed by atoms with Gasteiger partial charge in [-0.25, -0.2) is 19.9 Å². The van der Waals surface area contributed by atoms with Crippen molar-refractivity contribution in [2.45, 2.75) is 38.5 Å². The number of rotatable bonds is 5. The minimum absolute atomic E-state index is 0.244. The van der Waals surface area contributed by atoms with Gasteiger partial charge in [0.05, 0.1) is 51.0 Å². The minimum Gasteiger partial charge on any atom is -0.309 e. The molecule has 0 saturated carbocycles. The summed E-state index contributed by atoms with van der Waals surface area (Å²) in [5.74, 6) is 2.07. The maximum atomic E-state index is 5.63. The number of para-hydroxylation sites is 7. The van der Waals surface area contributed by atoms with E-state index in [0.717, 1.165) is 61.4 Å². The van der Waals surface area contributed by atoms with Gasteiger partial charge in [0, 0.05) is 87.6 Å². The molecule has 0 aliphatic carbocycles. The van der Waals surface area contributed by atoms with Crippen LogP contribution in [0.3, 0.4) is 0 Å². The molecule has 21 rings (SSSR count). The molecule has 16 nitrogen and oxygen atoms in total. The molecule has 100 heavy (non-hydrogen) atoms. The molecule has 2 aliphatic heterocycles. The fourth-order valence-electron chi connectivity index (χ4n) is 15.8. The Hall–Kier alpha value is -13.3. The van der Waals surface area contributed by atoms with Gasteiger partial charge in [0.2, 0.25) is 0 Å². The largest absolute Gasteiger partial charge is 0.309 e. The van der Waals surface area contributed by atoms with Gasteiger partial charge in [-0.2, -0.15) is 0 Å². The summed E-state index contributed by atoms with van der Waals surface area (Å²) in [7, 11) is 0. The van der Waals surface area contributed by atoms with E-state index in [2.05, 4.69) is 279 Å². The zero-order valence-electron chi connectivity index (χ0n) is 54.6. The van der Waals surface area contributed by atoms with Crippen molar-refractivity contribution in [3.8, 4) is 22.6 Å². The van der Waals surface area contributed by atoms with Gasteiger partial charge in [-0.15, -0.1) is 0 Å². The number of fused-ring (bicyclic) bond motifs is 22. The van der Waals surface area contributed by atoms with Crippen LogP contribution in [0.4, 0.5) is 34.4 Å². The highest BCUT2D eigenvalue weighted by Crippen LogP contribution is 2.57. The van der Waals surface area contributed by atoms with Crippen molar-refractivity contribution in [2.24, 2.45) is 0 Å². The Morgan fingerprint density at radius 3 is 0.980 bits per heavy atom. The van der Waals surface area contributed by atoms with Crippen LogP contribution in [0, 0.1) is 0 Å². The standard InChI is InChI=1S/C42H24N8.C42H32N8/c1-2-8-27(9-3-1)49-32-12-6-4-10-28(32)30-22-25(14-16-34(30)49)26-15-17-35-31(23-26)29-11-5-7-13-33(29)50(35)36-24-47-41-39-37(43-18-19-45-39)38-40(42(41)48-36)46-21-20-44-38;1-41(2)25-13-5-9-17-29(25)49(30-18-10-6-14-26(30)41)39-40(50-31-19-11-7-15-27(31)42(3,4)28-16-8-12-20-32(28)50)48-38-36-34(44-22-24-46-36)33-35(37(38)47-39)45-23-21-43-33/h1-24H;5-24H,1-4H3. The lowest BCUT2D eigenvalue weighted by Crippen LogP contribution is -2.34. The van der Waals surface area contributed by atoms with Crippen LogP contribution in [0.5, 0.6) is 0 Å². The van der Waals surface area contributed by atoms with Crippen molar-refractivity contribution >= 4 is 144 Å². The molecule has 0 radical (unpaired) electrons. The molecule has 0 saturated heterocycles. The van der Waals surface area contributed by atoms with E-state index in [0.29, 0.717) is 83.7 Å². The molecule has 0 amide bonds. The third kappa shape index (κ3) is 8.27. The first-order chi connectivity index (χ1) is 49.2. The van der Waals surface area contributed by atoms with Gasteiger partial charge in [-0.3, -0.25) is 54.2 Å². The first-order valence-electron chi connectivity index (χ1n) is 33.3. The minimum atomic E-state index is -0.244. The predicted molar refractivity (Wildman–Crippen MR) is 399 cm³/mol. The SMILES string of the molecule is CC1(C)c2ccccc2N(c2nc3c4nccnc4c4nccnc4c3nc2N2c3ccccc3C(C)(C)c3ccccc32)c2ccccc21.c1ccc(-n2c3ccccc3c3cc(-c4ccc5c(c4)c4ccccc4n5-c4cnc5c6nccnc6c6nccnc6c5n4)ccc32)cc1. The van der Waals surface area contributed by atoms with Crippen LogP contribution in [-0.4, -0.2) is 68.9 Å². The molecule has 11 aromatic carbocycles. The summed E-state index contributed by atoms with van der Waals surface area (Å²) in [6, 6.07) is 75.7. The summed E-state index contributed by atoms with van der Waals surface area (Å²) in [5, 5.41) is 4.74. The van der Waals surface area contributed by atoms with E-state index in [1.165, 1.54) is 44.1 Å². The molecular formula is C84H56N16. The topological polar surface area (TPSA) is 171 Å². The molecule has 0 spiro atoms. The predicted octanol–water partition coefficient (Wildman–Crippen LogP) is 19.1. The Morgan fingerprint density at radius 1 is 0.260 bits per heavy atom. The average molecular weight is 1290 g/mol. The lowest BCUT2D eigenvalue weighted by atomic mass is 9.73. The molecule has 472 valence electrons. The molecule has 0 atom stereocenters. The third-order valence-corrected chi connectivity index (χ3v) is 20.4. The van der Waals surface area contributed by atoms with Crippen LogP contribution in [-0.2, 0) is 10.8 Å². The summed E-state index contributed by atoms with van der Waals surface area (Å²) < 4.78 is 4.53. The second-order valence-electron chi connectivity index (χ2n) is 26.5. The van der Waals surface area contributed by atoms with Gasteiger partial charge >= 0.3 is 0 Å². The Kier molecular flexibility index (Phi) is 12.3. The highest BCUT2D eigenvalue weighted by atomic mass is 15.3. The Balaban J connectivity index is 0.000000135. The van der Waals surface area contributed by atoms with Gasteiger partial charge < -0.3 is 4.57 Å². The highest BCUT2D eigenvalue weighted by molar-refractivity contribution is 6.20. The molecule has 0 fully saturated rings. The summed E-state index contributed by atoms with van der Waals surface area (Å²) in [6.45, 7) is 9.18. The first-order valence-corrected chi connectivity index (χ1v) is 33.3. The normalized spacial score (nSPS) is 13.7. The average Bonchev–Trinajstić information content (AvgIpc) is 0.963. The van der Waals surface area contributed by atoms with E-state index >= 15 is 0 Å². The molecule has 16 heteroatoms. The van der Waals surface area contributed by atoms with Crippen molar-refractivity contribution in [2.75, 3.05) is 9.80 Å². The molecule has 0 bridgehead atoms. The van der Waals surface area contributed by atoms with Crippen LogP contribution in [0.1, 0.15) is 49.9 Å². The van der Waals surface area contributed by atoms with Crippen molar-refractivity contribution in [3.63, 3.8) is 0 Å². The number of benzene rings is 11. The van der Waals surface area contributed by atoms with Gasteiger partial charge in [-0.1, -0.05) is 167 Å². The van der Waals surface area contributed by atoms with E-state index in [9.17, 15) is 0 Å². The summed E-state index contributed by atoms with van der Waals surface area (Å²) in [6.07, 6.45) is 15.3. The van der Waals surface area contributed by atoms with Crippen LogP contribution >= 0.6 is 0 Å². The number of anilines is 6. The van der Waals surface area contributed by atoms with E-state index < -0.39 is 0 Å². The van der Waals surface area contributed by atoms with E-state index in [1.807, 2.05) is 6.20 Å². The van der Waals surface area contributed by atoms with Crippen molar-refractivity contribution in [1.82, 2.24) is 68.9 Å². The first kappa shape index (κ1) is 57.0. The van der Waals surface area contributed by atoms with Crippen molar-refractivity contribution < 1.29 is 0 Å². The second-order valence-corrected chi connectivity index (χ2v) is 26.5. The van der Waals surface area contributed by atoms with E-state index in [4.69, 9.17) is 39.9 Å². The Morgan fingerprint density at radius 2 is 0.570 bits per heavy atom. The van der Waals surface area contributed by atoms with Crippen LogP contribution in [0.15, 0.2) is 268 Å². The van der Waals surface area contributed by atoms with Crippen molar-refractivity contribution in [3.05, 3.63) is 290 Å². The lowest BCUT2D eigenvalue weighted by Gasteiger charge is -2.44. The number of aromatic nitrogens is 14. The van der Waals surface area contributed by atoms with Gasteiger partial charge in [0.15, 0.2) is 17.5 Å². The van der Waals surface area contributed by atoms with Crippen LogP contribution in [0.2, 0.25) is 0 Å². The molecule has 8 aromatic heterocycles. The lowest BCUT2D eigenvalue weighted by molar-refractivity contribution is 0.629. The van der Waals surface area contributed by atoms with Gasteiger partial charge in [-0.05, 0) is 106 Å². The molecule has 0 unspecified atom stereocenters. The summed E-state index contributed by atoms with van der Waals surface area (Å²) in [5.41, 5.74) is 24.2. The fraction of sp³-hybridized carbons (Fsp3) is 0.0714. The molecular weight excluding hydrogens is 1230 g/mol. The molecule has 2 aliphatic rings. The Labute approximate surface area is 571 Å². The van der Waals surface area contributed by atoms with Crippen LogP contribution < -0.4 is 9.80 Å². The van der Waals surface area contributed by atoms with Gasteiger partial charge in [0.1, 0.15) is 66.2 Å². The fourth-order valence-corrected chi connectivity index (χ4v) is 15.8. The highest BCUT2D eigenvalue weighted by Gasteiger charge is 2.42. The van der Waals surface area contributed by atoms with Crippen molar-refractivity contribution in [1.29, 1.82) is 0 Å². The van der Waals surface area contributed by atoms with E-state index in [1.54, 1.807) is 49.6 Å². The quantitative estimate of drug-likeness (QED) is 0.149. The molecule has 10 heterocycles. The summed E-state index contributed by atoms with van der Waals surface area (Å²) >= 11 is 0. The van der Waals surface area contributed by atoms with Gasteiger partial charge in [0.25, 0.3) is 0 Å². The third-order valence-electron chi connectivity index (χ3n) is 20.4. The molecule has 0 N–H and O–H groups in total. The summed E-state index contributed by atoms with van der Waals surface area (Å²) in [4.78, 5) is 63.5. The second kappa shape index (κ2) is 21.6. The maximum Gasteiger partial charge on any atom is 0.182 e. The number of hydrogen-bond donors (Lipinski definition) is 0. The monoisotopic (exact) mass is 1290 g/mol. The van der Waals surface area contributed by atoms with E-state index in [-0.39, 0.29) is 10.8 Å². The number of hydrogen-bond acceptors (Lipinski definition) is 14. The Bertz CT molecular complexity index is 6340. The number of nitrogens with zero attached hydrogens (tertiary/aromatic N) is 16. The smallest absolute Gasteiger partial charge is 0.182 e. The maximum absolute atomic E-state index is 5.63. The van der Waals surface area contributed by atoms with Crippen LogP contribution in [0.25, 0.3) is 132 Å². The molecule has 19 aromatic rings.